The van der Waals surface area contributed by atoms with Gasteiger partial charge in [-0.3, -0.25) is 4.79 Å². The number of hydrogen-bond acceptors (Lipinski definition) is 3. The number of carbonyl (C=O) groups excluding carboxylic acids is 1. The van der Waals surface area contributed by atoms with Crippen molar-refractivity contribution >= 4 is 5.91 Å². The molecular formula is C11H14F2N2O2. The van der Waals surface area contributed by atoms with E-state index in [0.717, 1.165) is 0 Å². The molecule has 0 heterocycles. The van der Waals surface area contributed by atoms with E-state index in [1.54, 1.807) is 12.1 Å². The summed E-state index contributed by atoms with van der Waals surface area (Å²) < 4.78 is 30.5. The molecule has 0 aromatic heterocycles. The van der Waals surface area contributed by atoms with Gasteiger partial charge in [0.2, 0.25) is 0 Å². The van der Waals surface area contributed by atoms with E-state index in [9.17, 15) is 13.6 Å². The van der Waals surface area contributed by atoms with Crippen LogP contribution in [0.1, 0.15) is 10.4 Å². The Kier molecular flexibility index (Phi) is 4.39. The Hall–Kier alpha value is -1.69. The lowest BCUT2D eigenvalue weighted by Crippen LogP contribution is -2.41. The van der Waals surface area contributed by atoms with Gasteiger partial charge in [-0.2, -0.15) is 0 Å². The second-order valence-corrected chi connectivity index (χ2v) is 3.47. The summed E-state index contributed by atoms with van der Waals surface area (Å²) in [5.41, 5.74) is 5.12. The van der Waals surface area contributed by atoms with E-state index in [1.165, 1.54) is 19.2 Å². The summed E-state index contributed by atoms with van der Waals surface area (Å²) >= 11 is 0. The van der Waals surface area contributed by atoms with Crippen LogP contribution in [0.2, 0.25) is 0 Å². The first kappa shape index (κ1) is 13.4. The fraction of sp³-hybridized carbons (Fsp3) is 0.364. The second kappa shape index (κ2) is 5.58. The Labute approximate surface area is 97.8 Å². The fourth-order valence-corrected chi connectivity index (χ4v) is 1.15. The maximum Gasteiger partial charge on any atom is 0.277 e. The van der Waals surface area contributed by atoms with E-state index in [-0.39, 0.29) is 5.56 Å². The summed E-state index contributed by atoms with van der Waals surface area (Å²) in [5, 5.41) is 2.12. The van der Waals surface area contributed by atoms with Crippen molar-refractivity contribution in [2.24, 2.45) is 5.73 Å². The third-order valence-corrected chi connectivity index (χ3v) is 2.14. The molecule has 1 rings (SSSR count). The summed E-state index contributed by atoms with van der Waals surface area (Å²) in [6.45, 7) is -1.58. The summed E-state index contributed by atoms with van der Waals surface area (Å²) in [6.07, 6.45) is 0. The van der Waals surface area contributed by atoms with Gasteiger partial charge in [0.25, 0.3) is 11.8 Å². The molecule has 6 heteroatoms. The summed E-state index contributed by atoms with van der Waals surface area (Å²) in [4.78, 5) is 11.5. The van der Waals surface area contributed by atoms with E-state index in [1.807, 2.05) is 0 Å². The van der Waals surface area contributed by atoms with E-state index < -0.39 is 24.9 Å². The number of amides is 1. The number of halogens is 2. The Bertz CT molecular complexity index is 397. The van der Waals surface area contributed by atoms with Gasteiger partial charge in [0.05, 0.1) is 20.2 Å². The number of methoxy groups -OCH3 is 1. The highest BCUT2D eigenvalue weighted by atomic mass is 19.3. The van der Waals surface area contributed by atoms with Crippen LogP contribution in [0.4, 0.5) is 8.78 Å². The number of nitrogens with one attached hydrogen (secondary N) is 1. The quantitative estimate of drug-likeness (QED) is 0.812. The average Bonchev–Trinajstić information content (AvgIpc) is 2.36. The number of hydrogen-bond donors (Lipinski definition) is 2. The number of alkyl halides is 2. The van der Waals surface area contributed by atoms with E-state index in [4.69, 9.17) is 10.5 Å². The lowest BCUT2D eigenvalue weighted by molar-refractivity contribution is 0.0118. The Morgan fingerprint density at radius 2 is 2.24 bits per heavy atom. The zero-order chi connectivity index (χ0) is 12.9. The SMILES string of the molecule is COc1cccc(C(=O)NCC(F)(F)CN)c1. The summed E-state index contributed by atoms with van der Waals surface area (Å²) in [7, 11) is 1.46. The number of nitrogens with two attached hydrogens (primary N) is 1. The van der Waals surface area contributed by atoms with Crippen molar-refractivity contribution in [1.82, 2.24) is 5.32 Å². The molecule has 4 nitrogen and oxygen atoms in total. The van der Waals surface area contributed by atoms with Gasteiger partial charge in [-0.15, -0.1) is 0 Å². The van der Waals surface area contributed by atoms with Crippen molar-refractivity contribution in [3.8, 4) is 5.75 Å². The van der Waals surface area contributed by atoms with Crippen LogP contribution in [0.5, 0.6) is 5.75 Å². The topological polar surface area (TPSA) is 64.3 Å². The minimum absolute atomic E-state index is 0.261. The highest BCUT2D eigenvalue weighted by Crippen LogP contribution is 2.13. The van der Waals surface area contributed by atoms with E-state index in [0.29, 0.717) is 5.75 Å². The predicted octanol–water partition coefficient (Wildman–Crippen LogP) is 1.02. The molecule has 0 saturated heterocycles. The normalized spacial score (nSPS) is 11.1. The van der Waals surface area contributed by atoms with Crippen molar-refractivity contribution in [3.63, 3.8) is 0 Å². The van der Waals surface area contributed by atoms with Crippen LogP contribution in [-0.2, 0) is 0 Å². The van der Waals surface area contributed by atoms with Crippen molar-refractivity contribution in [3.05, 3.63) is 29.8 Å². The third kappa shape index (κ3) is 3.99. The molecule has 0 radical (unpaired) electrons. The molecule has 0 saturated carbocycles. The number of ether oxygens (including phenoxy) is 1. The smallest absolute Gasteiger partial charge is 0.277 e. The molecule has 94 valence electrons. The average molecular weight is 244 g/mol. The van der Waals surface area contributed by atoms with Gasteiger partial charge >= 0.3 is 0 Å². The Morgan fingerprint density at radius 3 is 2.82 bits per heavy atom. The van der Waals surface area contributed by atoms with E-state index in [2.05, 4.69) is 5.32 Å². The molecule has 0 spiro atoms. The Balaban J connectivity index is 2.64. The van der Waals surface area contributed by atoms with Crippen LogP contribution >= 0.6 is 0 Å². The number of carbonyl (C=O) groups is 1. The molecule has 1 amide bonds. The van der Waals surface area contributed by atoms with Gasteiger partial charge in [0, 0.05) is 5.56 Å². The fourth-order valence-electron chi connectivity index (χ4n) is 1.15. The largest absolute Gasteiger partial charge is 0.497 e. The van der Waals surface area contributed by atoms with Crippen LogP contribution in [0.25, 0.3) is 0 Å². The van der Waals surface area contributed by atoms with Crippen LogP contribution in [-0.4, -0.2) is 32.0 Å². The molecule has 0 fully saturated rings. The lowest BCUT2D eigenvalue weighted by atomic mass is 10.2. The van der Waals surface area contributed by atoms with Gasteiger partial charge in [0.1, 0.15) is 5.75 Å². The van der Waals surface area contributed by atoms with Gasteiger partial charge in [-0.05, 0) is 18.2 Å². The lowest BCUT2D eigenvalue weighted by Gasteiger charge is -2.14. The maximum absolute atomic E-state index is 12.8. The van der Waals surface area contributed by atoms with Crippen molar-refractivity contribution in [2.75, 3.05) is 20.2 Å². The molecule has 0 aliphatic heterocycles. The highest BCUT2D eigenvalue weighted by Gasteiger charge is 2.27. The molecule has 0 atom stereocenters. The minimum atomic E-state index is -3.09. The molecule has 0 unspecified atom stereocenters. The molecular weight excluding hydrogens is 230 g/mol. The van der Waals surface area contributed by atoms with Crippen molar-refractivity contribution in [1.29, 1.82) is 0 Å². The predicted molar refractivity (Wildman–Crippen MR) is 59.3 cm³/mol. The van der Waals surface area contributed by atoms with Gasteiger partial charge in [-0.25, -0.2) is 8.78 Å². The van der Waals surface area contributed by atoms with Crippen LogP contribution < -0.4 is 15.8 Å². The van der Waals surface area contributed by atoms with Gasteiger partial charge < -0.3 is 15.8 Å². The van der Waals surface area contributed by atoms with Crippen LogP contribution in [0.15, 0.2) is 24.3 Å². The summed E-state index contributed by atoms with van der Waals surface area (Å²) in [6, 6.07) is 6.24. The molecule has 17 heavy (non-hydrogen) atoms. The first-order valence-corrected chi connectivity index (χ1v) is 4.98. The molecule has 3 N–H and O–H groups in total. The van der Waals surface area contributed by atoms with Gasteiger partial charge in [-0.1, -0.05) is 6.07 Å². The molecule has 1 aromatic rings. The molecule has 0 aliphatic carbocycles. The highest BCUT2D eigenvalue weighted by molar-refractivity contribution is 5.94. The molecule has 0 bridgehead atoms. The first-order chi connectivity index (χ1) is 7.98. The molecule has 0 aliphatic rings. The number of benzene rings is 1. The maximum atomic E-state index is 12.8. The standard InChI is InChI=1S/C11H14F2N2O2/c1-17-9-4-2-3-8(5-9)10(16)15-7-11(12,13)6-14/h2-5H,6-7,14H2,1H3,(H,15,16). The molecule has 1 aromatic carbocycles. The minimum Gasteiger partial charge on any atom is -0.497 e. The monoisotopic (exact) mass is 244 g/mol. The summed E-state index contributed by atoms with van der Waals surface area (Å²) in [5.74, 6) is -3.19. The first-order valence-electron chi connectivity index (χ1n) is 4.98. The van der Waals surface area contributed by atoms with Crippen LogP contribution in [0, 0.1) is 0 Å². The second-order valence-electron chi connectivity index (χ2n) is 3.47. The van der Waals surface area contributed by atoms with Crippen molar-refractivity contribution in [2.45, 2.75) is 5.92 Å². The Morgan fingerprint density at radius 1 is 1.53 bits per heavy atom. The zero-order valence-electron chi connectivity index (χ0n) is 9.37. The third-order valence-electron chi connectivity index (χ3n) is 2.14. The van der Waals surface area contributed by atoms with Gasteiger partial charge in [0.15, 0.2) is 0 Å². The van der Waals surface area contributed by atoms with E-state index >= 15 is 0 Å². The van der Waals surface area contributed by atoms with Crippen molar-refractivity contribution < 1.29 is 18.3 Å². The number of rotatable bonds is 5. The van der Waals surface area contributed by atoms with Crippen LogP contribution in [0.3, 0.4) is 0 Å². The zero-order valence-corrected chi connectivity index (χ0v) is 9.37.